The Morgan fingerprint density at radius 1 is 1.00 bits per heavy atom. The number of phenols is 1. The second-order valence-electron chi connectivity index (χ2n) is 3.49. The van der Waals surface area contributed by atoms with E-state index >= 15 is 0 Å². The van der Waals surface area contributed by atoms with Crippen LogP contribution in [-0.4, -0.2) is 10.1 Å². The molecule has 0 fully saturated rings. The first kappa shape index (κ1) is 8.62. The fourth-order valence-electron chi connectivity index (χ4n) is 1.87. The van der Waals surface area contributed by atoms with Crippen molar-refractivity contribution >= 4 is 33.4 Å². The number of halogens is 1. The molecule has 0 atom stereocenters. The highest BCUT2D eigenvalue weighted by Gasteiger charge is 2.09. The van der Waals surface area contributed by atoms with Crippen LogP contribution in [0.1, 0.15) is 0 Å². The Morgan fingerprint density at radius 2 is 1.80 bits per heavy atom. The molecular formula is C12H8ClNO. The van der Waals surface area contributed by atoms with Gasteiger partial charge >= 0.3 is 0 Å². The van der Waals surface area contributed by atoms with Crippen LogP contribution in [0.25, 0.3) is 21.8 Å². The first-order valence-electron chi connectivity index (χ1n) is 4.65. The topological polar surface area (TPSA) is 36.0 Å². The molecule has 0 aliphatic carbocycles. The standard InChI is InChI=1S/C12H8ClNO/c13-11-10(15)6-5-8-7-3-1-2-4-9(7)14-12(8)11/h1-6,14-15H. The van der Waals surface area contributed by atoms with E-state index in [1.807, 2.05) is 30.3 Å². The van der Waals surface area contributed by atoms with Gasteiger partial charge in [0.2, 0.25) is 0 Å². The van der Waals surface area contributed by atoms with Gasteiger partial charge < -0.3 is 10.1 Å². The summed E-state index contributed by atoms with van der Waals surface area (Å²) in [5.74, 6) is 0.107. The molecule has 3 heteroatoms. The van der Waals surface area contributed by atoms with Crippen LogP contribution in [0.3, 0.4) is 0 Å². The lowest BCUT2D eigenvalue weighted by Gasteiger charge is -1.96. The summed E-state index contributed by atoms with van der Waals surface area (Å²) in [4.78, 5) is 3.20. The molecule has 15 heavy (non-hydrogen) atoms. The van der Waals surface area contributed by atoms with Crippen LogP contribution in [-0.2, 0) is 0 Å². The Hall–Kier alpha value is -1.67. The maximum atomic E-state index is 9.49. The summed E-state index contributed by atoms with van der Waals surface area (Å²) >= 11 is 6.02. The number of hydrogen-bond donors (Lipinski definition) is 2. The lowest BCUT2D eigenvalue weighted by molar-refractivity contribution is 0.476. The molecular weight excluding hydrogens is 210 g/mol. The quantitative estimate of drug-likeness (QED) is 0.592. The molecule has 0 aliphatic heterocycles. The van der Waals surface area contributed by atoms with Crippen LogP contribution in [0.15, 0.2) is 36.4 Å². The van der Waals surface area contributed by atoms with Crippen molar-refractivity contribution in [1.82, 2.24) is 4.98 Å². The van der Waals surface area contributed by atoms with E-state index in [-0.39, 0.29) is 5.75 Å². The summed E-state index contributed by atoms with van der Waals surface area (Å²) in [7, 11) is 0. The first-order chi connectivity index (χ1) is 7.27. The molecule has 1 aromatic heterocycles. The van der Waals surface area contributed by atoms with Crippen LogP contribution < -0.4 is 0 Å². The van der Waals surface area contributed by atoms with Crippen LogP contribution in [0.4, 0.5) is 0 Å². The van der Waals surface area contributed by atoms with Crippen molar-refractivity contribution in [3.63, 3.8) is 0 Å². The van der Waals surface area contributed by atoms with Crippen molar-refractivity contribution in [3.05, 3.63) is 41.4 Å². The van der Waals surface area contributed by atoms with Gasteiger partial charge in [-0.15, -0.1) is 0 Å². The predicted molar refractivity (Wildman–Crippen MR) is 62.5 cm³/mol. The Labute approximate surface area is 91.1 Å². The van der Waals surface area contributed by atoms with Crippen molar-refractivity contribution < 1.29 is 5.11 Å². The highest BCUT2D eigenvalue weighted by atomic mass is 35.5. The highest BCUT2D eigenvalue weighted by molar-refractivity contribution is 6.37. The number of hydrogen-bond acceptors (Lipinski definition) is 1. The van der Waals surface area contributed by atoms with Gasteiger partial charge in [0.15, 0.2) is 0 Å². The molecule has 0 aliphatic rings. The van der Waals surface area contributed by atoms with E-state index in [0.717, 1.165) is 21.8 Å². The zero-order valence-corrected chi connectivity index (χ0v) is 8.55. The fourth-order valence-corrected chi connectivity index (χ4v) is 2.09. The third kappa shape index (κ3) is 1.12. The van der Waals surface area contributed by atoms with Gasteiger partial charge in [-0.2, -0.15) is 0 Å². The number of aromatic nitrogens is 1. The zero-order valence-electron chi connectivity index (χ0n) is 7.79. The van der Waals surface area contributed by atoms with Crippen molar-refractivity contribution in [3.8, 4) is 5.75 Å². The van der Waals surface area contributed by atoms with Gasteiger partial charge in [0, 0.05) is 16.3 Å². The molecule has 0 radical (unpaired) electrons. The molecule has 3 aromatic rings. The number of benzene rings is 2. The Balaban J connectivity index is 2.60. The predicted octanol–water partition coefficient (Wildman–Crippen LogP) is 3.68. The van der Waals surface area contributed by atoms with Crippen molar-refractivity contribution in [2.45, 2.75) is 0 Å². The number of nitrogens with one attached hydrogen (secondary N) is 1. The second-order valence-corrected chi connectivity index (χ2v) is 3.87. The average Bonchev–Trinajstić information content (AvgIpc) is 2.63. The summed E-state index contributed by atoms with van der Waals surface area (Å²) in [6, 6.07) is 11.5. The number of fused-ring (bicyclic) bond motifs is 3. The lowest BCUT2D eigenvalue weighted by atomic mass is 10.1. The summed E-state index contributed by atoms with van der Waals surface area (Å²) in [6.07, 6.45) is 0. The third-order valence-electron chi connectivity index (χ3n) is 2.60. The van der Waals surface area contributed by atoms with Crippen LogP contribution in [0.2, 0.25) is 5.02 Å². The molecule has 2 N–H and O–H groups in total. The second kappa shape index (κ2) is 2.91. The molecule has 74 valence electrons. The van der Waals surface area contributed by atoms with Gasteiger partial charge in [0.1, 0.15) is 10.8 Å². The van der Waals surface area contributed by atoms with E-state index in [1.54, 1.807) is 6.07 Å². The number of H-pyrrole nitrogens is 1. The van der Waals surface area contributed by atoms with Crippen molar-refractivity contribution in [2.24, 2.45) is 0 Å². The van der Waals surface area contributed by atoms with Gasteiger partial charge in [-0.3, -0.25) is 0 Å². The van der Waals surface area contributed by atoms with Gasteiger partial charge in [0.25, 0.3) is 0 Å². The molecule has 3 rings (SSSR count). The molecule has 0 saturated carbocycles. The highest BCUT2D eigenvalue weighted by Crippen LogP contribution is 2.35. The largest absolute Gasteiger partial charge is 0.506 e. The van der Waals surface area contributed by atoms with Crippen LogP contribution >= 0.6 is 11.6 Å². The SMILES string of the molecule is Oc1ccc2c([nH]c3ccccc32)c1Cl. The number of rotatable bonds is 0. The smallest absolute Gasteiger partial charge is 0.136 e. The number of aromatic amines is 1. The Bertz CT molecular complexity index is 657. The molecule has 0 unspecified atom stereocenters. The van der Waals surface area contributed by atoms with E-state index in [0.29, 0.717) is 5.02 Å². The minimum absolute atomic E-state index is 0.107. The minimum atomic E-state index is 0.107. The Kier molecular flexibility index (Phi) is 1.67. The van der Waals surface area contributed by atoms with Gasteiger partial charge in [0.05, 0.1) is 5.52 Å². The fraction of sp³-hybridized carbons (Fsp3) is 0. The zero-order chi connectivity index (χ0) is 10.4. The van der Waals surface area contributed by atoms with E-state index in [2.05, 4.69) is 4.98 Å². The van der Waals surface area contributed by atoms with Crippen LogP contribution in [0.5, 0.6) is 5.75 Å². The van der Waals surface area contributed by atoms with Gasteiger partial charge in [-0.05, 0) is 18.2 Å². The van der Waals surface area contributed by atoms with Crippen molar-refractivity contribution in [1.29, 1.82) is 0 Å². The number of phenolic OH excluding ortho intramolecular Hbond substituents is 1. The van der Waals surface area contributed by atoms with Gasteiger partial charge in [-0.25, -0.2) is 0 Å². The van der Waals surface area contributed by atoms with Gasteiger partial charge in [-0.1, -0.05) is 29.8 Å². The first-order valence-corrected chi connectivity index (χ1v) is 5.03. The molecule has 2 aromatic carbocycles. The Morgan fingerprint density at radius 3 is 2.67 bits per heavy atom. The summed E-state index contributed by atoms with van der Waals surface area (Å²) in [5.41, 5.74) is 1.82. The molecule has 2 nitrogen and oxygen atoms in total. The summed E-state index contributed by atoms with van der Waals surface area (Å²) in [6.45, 7) is 0. The van der Waals surface area contributed by atoms with Crippen LogP contribution in [0, 0.1) is 0 Å². The normalized spacial score (nSPS) is 11.3. The summed E-state index contributed by atoms with van der Waals surface area (Å²) < 4.78 is 0. The van der Waals surface area contributed by atoms with Crippen molar-refractivity contribution in [2.75, 3.05) is 0 Å². The van der Waals surface area contributed by atoms with E-state index in [4.69, 9.17) is 11.6 Å². The molecule has 1 heterocycles. The molecule has 0 amide bonds. The van der Waals surface area contributed by atoms with E-state index in [9.17, 15) is 5.11 Å². The van der Waals surface area contributed by atoms with E-state index in [1.165, 1.54) is 0 Å². The molecule has 0 spiro atoms. The number of aromatic hydroxyl groups is 1. The lowest BCUT2D eigenvalue weighted by Crippen LogP contribution is -1.71. The summed E-state index contributed by atoms with van der Waals surface area (Å²) in [5, 5.41) is 12.0. The molecule has 0 bridgehead atoms. The van der Waals surface area contributed by atoms with E-state index < -0.39 is 0 Å². The molecule has 0 saturated heterocycles. The monoisotopic (exact) mass is 217 g/mol. The third-order valence-corrected chi connectivity index (χ3v) is 2.98. The minimum Gasteiger partial charge on any atom is -0.506 e. The number of para-hydroxylation sites is 1. The maximum absolute atomic E-state index is 9.49. The average molecular weight is 218 g/mol. The maximum Gasteiger partial charge on any atom is 0.136 e.